The molecular weight excluding hydrogens is 274 g/mol. The Labute approximate surface area is 118 Å². The number of anilines is 1. The van der Waals surface area contributed by atoms with E-state index in [0.717, 1.165) is 23.2 Å². The Morgan fingerprint density at radius 2 is 1.95 bits per heavy atom. The van der Waals surface area contributed by atoms with E-state index < -0.39 is 10.0 Å². The van der Waals surface area contributed by atoms with Gasteiger partial charge in [-0.1, -0.05) is 12.1 Å². The fourth-order valence-electron chi connectivity index (χ4n) is 2.16. The molecule has 2 heterocycles. The normalized spacial score (nSPS) is 14.1. The molecule has 0 radical (unpaired) electrons. The van der Waals surface area contributed by atoms with Crippen LogP contribution in [0.25, 0.3) is 0 Å². The number of nitrogens with zero attached hydrogens (tertiary/aromatic N) is 1. The molecule has 0 spiro atoms. The molecule has 6 heteroatoms. The summed E-state index contributed by atoms with van der Waals surface area (Å²) in [4.78, 5) is 4.32. The maximum absolute atomic E-state index is 12.3. The average Bonchev–Trinajstić information content (AvgIpc) is 2.88. The Balaban J connectivity index is 1.90. The second kappa shape index (κ2) is 4.88. The van der Waals surface area contributed by atoms with E-state index in [1.165, 1.54) is 0 Å². The summed E-state index contributed by atoms with van der Waals surface area (Å²) >= 11 is 0. The minimum Gasteiger partial charge on any atom is -0.309 e. The van der Waals surface area contributed by atoms with E-state index in [1.54, 1.807) is 24.4 Å². The van der Waals surface area contributed by atoms with Crippen LogP contribution in [0.5, 0.6) is 0 Å². The van der Waals surface area contributed by atoms with Crippen LogP contribution >= 0.6 is 0 Å². The van der Waals surface area contributed by atoms with Crippen LogP contribution in [-0.4, -0.2) is 13.4 Å². The van der Waals surface area contributed by atoms with Crippen molar-refractivity contribution in [3.63, 3.8) is 0 Å². The molecular formula is C14H15N3O2S. The van der Waals surface area contributed by atoms with Crippen molar-refractivity contribution in [3.8, 4) is 0 Å². The highest BCUT2D eigenvalue weighted by molar-refractivity contribution is 7.92. The molecule has 1 aliphatic heterocycles. The van der Waals surface area contributed by atoms with Gasteiger partial charge in [-0.2, -0.15) is 0 Å². The lowest BCUT2D eigenvalue weighted by Crippen LogP contribution is -2.14. The number of hydrogen-bond acceptors (Lipinski definition) is 4. The second-order valence-corrected chi connectivity index (χ2v) is 6.54. The first-order valence-electron chi connectivity index (χ1n) is 6.32. The maximum atomic E-state index is 12.3. The molecule has 0 bridgehead atoms. The summed E-state index contributed by atoms with van der Waals surface area (Å²) in [5.41, 5.74) is 3.17. The Morgan fingerprint density at radius 3 is 2.70 bits per heavy atom. The molecule has 104 valence electrons. The zero-order valence-electron chi connectivity index (χ0n) is 11.1. The molecule has 0 amide bonds. The van der Waals surface area contributed by atoms with Gasteiger partial charge in [-0.15, -0.1) is 0 Å². The van der Waals surface area contributed by atoms with E-state index in [9.17, 15) is 8.42 Å². The molecule has 0 saturated heterocycles. The van der Waals surface area contributed by atoms with Gasteiger partial charge in [0, 0.05) is 19.3 Å². The van der Waals surface area contributed by atoms with Crippen LogP contribution in [0.4, 0.5) is 5.82 Å². The summed E-state index contributed by atoms with van der Waals surface area (Å²) in [6, 6.07) is 8.67. The molecule has 5 nitrogen and oxygen atoms in total. The standard InChI is InChI=1S/C14H15N3O2S/c1-10-2-5-14(16-7-10)17-20(18,19)13-4-3-11-8-15-9-12(11)6-13/h2-7,15H,8-9H2,1H3,(H,16,17). The number of fused-ring (bicyclic) bond motifs is 1. The highest BCUT2D eigenvalue weighted by atomic mass is 32.2. The molecule has 0 unspecified atom stereocenters. The van der Waals surface area contributed by atoms with Gasteiger partial charge in [0.25, 0.3) is 10.0 Å². The predicted octanol–water partition coefficient (Wildman–Crippen LogP) is 1.79. The van der Waals surface area contributed by atoms with Crippen LogP contribution in [0.3, 0.4) is 0 Å². The lowest BCUT2D eigenvalue weighted by molar-refractivity contribution is 0.601. The van der Waals surface area contributed by atoms with Crippen molar-refractivity contribution in [3.05, 3.63) is 53.2 Å². The monoisotopic (exact) mass is 289 g/mol. The third-order valence-electron chi connectivity index (χ3n) is 3.27. The quantitative estimate of drug-likeness (QED) is 0.904. The van der Waals surface area contributed by atoms with Crippen molar-refractivity contribution < 1.29 is 8.42 Å². The van der Waals surface area contributed by atoms with Crippen LogP contribution in [0.1, 0.15) is 16.7 Å². The minimum atomic E-state index is -3.59. The van der Waals surface area contributed by atoms with Crippen LogP contribution in [0.15, 0.2) is 41.4 Å². The third kappa shape index (κ3) is 2.52. The van der Waals surface area contributed by atoms with Gasteiger partial charge in [0.05, 0.1) is 4.90 Å². The Morgan fingerprint density at radius 1 is 1.15 bits per heavy atom. The molecule has 1 aromatic carbocycles. The largest absolute Gasteiger partial charge is 0.309 e. The molecule has 2 N–H and O–H groups in total. The lowest BCUT2D eigenvalue weighted by Gasteiger charge is -2.08. The Bertz CT molecular complexity index is 740. The zero-order valence-corrected chi connectivity index (χ0v) is 11.9. The minimum absolute atomic E-state index is 0.266. The summed E-state index contributed by atoms with van der Waals surface area (Å²) in [6.45, 7) is 3.41. The zero-order chi connectivity index (χ0) is 14.2. The van der Waals surface area contributed by atoms with Gasteiger partial charge in [0.2, 0.25) is 0 Å². The number of rotatable bonds is 3. The topological polar surface area (TPSA) is 71.1 Å². The van der Waals surface area contributed by atoms with E-state index >= 15 is 0 Å². The van der Waals surface area contributed by atoms with E-state index in [1.807, 2.05) is 19.1 Å². The first-order valence-corrected chi connectivity index (χ1v) is 7.81. The maximum Gasteiger partial charge on any atom is 0.263 e. The van der Waals surface area contributed by atoms with Gasteiger partial charge < -0.3 is 5.32 Å². The lowest BCUT2D eigenvalue weighted by atomic mass is 10.1. The number of benzene rings is 1. The Hall–Kier alpha value is -1.92. The second-order valence-electron chi connectivity index (χ2n) is 4.86. The molecule has 20 heavy (non-hydrogen) atoms. The summed E-state index contributed by atoms with van der Waals surface area (Å²) in [5, 5.41) is 3.19. The van der Waals surface area contributed by atoms with Gasteiger partial charge in [-0.3, -0.25) is 4.72 Å². The fourth-order valence-corrected chi connectivity index (χ4v) is 3.22. The van der Waals surface area contributed by atoms with Crippen molar-refractivity contribution >= 4 is 15.8 Å². The number of aryl methyl sites for hydroxylation is 1. The molecule has 1 aliphatic rings. The van der Waals surface area contributed by atoms with Crippen molar-refractivity contribution in [1.82, 2.24) is 10.3 Å². The van der Waals surface area contributed by atoms with Gasteiger partial charge >= 0.3 is 0 Å². The van der Waals surface area contributed by atoms with Gasteiger partial charge in [-0.05, 0) is 41.8 Å². The number of pyridine rings is 1. The SMILES string of the molecule is Cc1ccc(NS(=O)(=O)c2ccc3c(c2)CNC3)nc1. The number of aromatic nitrogens is 1. The average molecular weight is 289 g/mol. The molecule has 3 rings (SSSR count). The van der Waals surface area contributed by atoms with Crippen LogP contribution < -0.4 is 10.0 Å². The van der Waals surface area contributed by atoms with Gasteiger partial charge in [-0.25, -0.2) is 13.4 Å². The molecule has 0 atom stereocenters. The summed E-state index contributed by atoms with van der Waals surface area (Å²) in [7, 11) is -3.59. The van der Waals surface area contributed by atoms with Gasteiger partial charge in [0.1, 0.15) is 5.82 Å². The van der Waals surface area contributed by atoms with Crippen LogP contribution in [0.2, 0.25) is 0 Å². The summed E-state index contributed by atoms with van der Waals surface area (Å²) in [6.07, 6.45) is 1.63. The van der Waals surface area contributed by atoms with E-state index in [2.05, 4.69) is 15.0 Å². The fraction of sp³-hybridized carbons (Fsp3) is 0.214. The first kappa shape index (κ1) is 13.1. The third-order valence-corrected chi connectivity index (χ3v) is 4.62. The molecule has 2 aromatic rings. The predicted molar refractivity (Wildman–Crippen MR) is 76.8 cm³/mol. The first-order chi connectivity index (χ1) is 9.54. The Kier molecular flexibility index (Phi) is 3.19. The van der Waals surface area contributed by atoms with E-state index in [-0.39, 0.29) is 4.90 Å². The highest BCUT2D eigenvalue weighted by Gasteiger charge is 2.18. The van der Waals surface area contributed by atoms with Gasteiger partial charge in [0.15, 0.2) is 0 Å². The number of hydrogen-bond donors (Lipinski definition) is 2. The van der Waals surface area contributed by atoms with E-state index in [4.69, 9.17) is 0 Å². The molecule has 0 aliphatic carbocycles. The van der Waals surface area contributed by atoms with Crippen molar-refractivity contribution in [2.75, 3.05) is 4.72 Å². The van der Waals surface area contributed by atoms with Crippen LogP contribution in [0, 0.1) is 6.92 Å². The molecule has 0 saturated carbocycles. The summed E-state index contributed by atoms with van der Waals surface area (Å²) in [5.74, 6) is 0.328. The summed E-state index contributed by atoms with van der Waals surface area (Å²) < 4.78 is 27.1. The van der Waals surface area contributed by atoms with Crippen molar-refractivity contribution in [2.24, 2.45) is 0 Å². The molecule has 0 fully saturated rings. The molecule has 1 aromatic heterocycles. The number of nitrogens with one attached hydrogen (secondary N) is 2. The van der Waals surface area contributed by atoms with Crippen molar-refractivity contribution in [2.45, 2.75) is 24.9 Å². The highest BCUT2D eigenvalue weighted by Crippen LogP contribution is 2.21. The number of sulfonamides is 1. The van der Waals surface area contributed by atoms with Crippen molar-refractivity contribution in [1.29, 1.82) is 0 Å². The van der Waals surface area contributed by atoms with Crippen LogP contribution in [-0.2, 0) is 23.1 Å². The van der Waals surface area contributed by atoms with E-state index in [0.29, 0.717) is 12.4 Å². The smallest absolute Gasteiger partial charge is 0.263 e.